The van der Waals surface area contributed by atoms with Crippen LogP contribution in [0.5, 0.6) is 5.75 Å². The van der Waals surface area contributed by atoms with Crippen molar-refractivity contribution >= 4 is 32.1 Å². The summed E-state index contributed by atoms with van der Waals surface area (Å²) in [6.45, 7) is 13.0. The van der Waals surface area contributed by atoms with E-state index in [1.165, 1.54) is 0 Å². The van der Waals surface area contributed by atoms with Crippen molar-refractivity contribution in [3.63, 3.8) is 0 Å². The van der Waals surface area contributed by atoms with Crippen LogP contribution in [0.1, 0.15) is 34.6 Å². The van der Waals surface area contributed by atoms with Crippen LogP contribution < -0.4 is 26.0 Å². The van der Waals surface area contributed by atoms with Gasteiger partial charge in [0.25, 0.3) is 0 Å². The van der Waals surface area contributed by atoms with Crippen molar-refractivity contribution in [2.75, 3.05) is 6.35 Å². The Morgan fingerprint density at radius 3 is 2.59 bits per heavy atom. The highest BCUT2D eigenvalue weighted by molar-refractivity contribution is 7.57. The number of aromatic nitrogens is 2. The number of hydrogen-bond donors (Lipinski definition) is 2. The number of hydrogen-bond acceptors (Lipinski definition) is 8. The molecule has 0 unspecified atom stereocenters. The van der Waals surface area contributed by atoms with E-state index in [1.54, 1.807) is 69.1 Å². The minimum Gasteiger partial charge on any atom is -0.462 e. The van der Waals surface area contributed by atoms with Gasteiger partial charge in [-0.15, -0.1) is 0 Å². The number of benzene rings is 1. The first-order valence-electron chi connectivity index (χ1n) is 11.0. The molecular weight excluding hydrogens is 457 g/mol. The molecule has 1 heterocycles. The third kappa shape index (κ3) is 8.13. The van der Waals surface area contributed by atoms with Crippen molar-refractivity contribution < 1.29 is 23.4 Å². The lowest BCUT2D eigenvalue weighted by atomic mass is 10.3. The molecule has 3 N–H and O–H groups in total. The van der Waals surface area contributed by atoms with Crippen LogP contribution in [0.4, 0.5) is 0 Å². The average Bonchev–Trinajstić information content (AvgIpc) is 3.13. The molecule has 0 fully saturated rings. The summed E-state index contributed by atoms with van der Waals surface area (Å²) >= 11 is 0. The quantitative estimate of drug-likeness (QED) is 0.262. The number of carbonyl (C=O) groups is 1. The van der Waals surface area contributed by atoms with Gasteiger partial charge in [0.05, 0.1) is 30.4 Å². The van der Waals surface area contributed by atoms with Gasteiger partial charge in [0, 0.05) is 6.21 Å². The first-order valence-corrected chi connectivity index (χ1v) is 12.8. The molecule has 3 atom stereocenters. The van der Waals surface area contributed by atoms with Crippen LogP contribution >= 0.6 is 7.52 Å². The van der Waals surface area contributed by atoms with Crippen molar-refractivity contribution in [1.29, 1.82) is 0 Å². The van der Waals surface area contributed by atoms with Crippen molar-refractivity contribution in [3.8, 4) is 5.75 Å². The van der Waals surface area contributed by atoms with E-state index < -0.39 is 19.5 Å². The van der Waals surface area contributed by atoms with Crippen molar-refractivity contribution in [2.45, 2.75) is 59.4 Å². The lowest BCUT2D eigenvalue weighted by Crippen LogP contribution is -2.37. The van der Waals surface area contributed by atoms with E-state index in [0.29, 0.717) is 23.0 Å². The second-order valence-corrected chi connectivity index (χ2v) is 10.0. The normalized spacial score (nSPS) is 16.2. The van der Waals surface area contributed by atoms with E-state index in [-0.39, 0.29) is 24.4 Å². The van der Waals surface area contributed by atoms with E-state index >= 15 is 0 Å². The summed E-state index contributed by atoms with van der Waals surface area (Å²) < 4.78 is 32.2. The molecule has 0 spiro atoms. The molecule has 2 rings (SSSR count). The maximum absolute atomic E-state index is 13.6. The molecule has 1 aromatic carbocycles. The van der Waals surface area contributed by atoms with Gasteiger partial charge in [-0.05, 0) is 46.8 Å². The lowest BCUT2D eigenvalue weighted by molar-refractivity contribution is -0.149. The average molecular weight is 492 g/mol. The number of nitrogens with zero attached hydrogens (tertiary/aromatic N) is 3. The minimum atomic E-state index is -3.64. The number of ether oxygens (including phenoxy) is 2. The predicted molar refractivity (Wildman–Crippen MR) is 133 cm³/mol. The van der Waals surface area contributed by atoms with Gasteiger partial charge in [-0.1, -0.05) is 24.8 Å². The van der Waals surface area contributed by atoms with Gasteiger partial charge in [0.1, 0.15) is 23.5 Å². The molecular formula is C23H34N5O5P. The Morgan fingerprint density at radius 2 is 1.97 bits per heavy atom. The van der Waals surface area contributed by atoms with Gasteiger partial charge in [-0.3, -0.25) is 9.36 Å². The zero-order chi connectivity index (χ0) is 25.3. The molecule has 2 aromatic rings. The van der Waals surface area contributed by atoms with Crippen LogP contribution in [0.2, 0.25) is 0 Å². The number of aliphatic imine (C=N–C) groups is 1. The summed E-state index contributed by atoms with van der Waals surface area (Å²) in [5.41, 5.74) is 5.91. The first-order chi connectivity index (χ1) is 16.0. The van der Waals surface area contributed by atoms with E-state index in [0.717, 1.165) is 0 Å². The number of nitrogens with one attached hydrogen (secondary N) is 1. The second kappa shape index (κ2) is 12.5. The lowest BCUT2D eigenvalue weighted by Gasteiger charge is -2.25. The van der Waals surface area contributed by atoms with Gasteiger partial charge < -0.3 is 24.3 Å². The number of nitrogens with two attached hydrogens (primary N) is 1. The van der Waals surface area contributed by atoms with Crippen LogP contribution in [0.25, 0.3) is 12.4 Å². The summed E-state index contributed by atoms with van der Waals surface area (Å²) in [6.07, 6.45) is 2.22. The molecule has 0 aliphatic carbocycles. The molecule has 0 saturated heterocycles. The van der Waals surface area contributed by atoms with Gasteiger partial charge in [0.15, 0.2) is 5.82 Å². The van der Waals surface area contributed by atoms with Crippen molar-refractivity contribution in [1.82, 2.24) is 14.6 Å². The van der Waals surface area contributed by atoms with Crippen molar-refractivity contribution in [3.05, 3.63) is 47.4 Å². The fourth-order valence-corrected chi connectivity index (χ4v) is 4.75. The van der Waals surface area contributed by atoms with E-state index in [2.05, 4.69) is 21.6 Å². The maximum Gasteiger partial charge on any atom is 0.342 e. The van der Waals surface area contributed by atoms with Crippen LogP contribution in [-0.4, -0.2) is 46.3 Å². The predicted octanol–water partition coefficient (Wildman–Crippen LogP) is 1.97. The summed E-state index contributed by atoms with van der Waals surface area (Å²) in [5, 5.41) is 3.85. The molecule has 10 nitrogen and oxygen atoms in total. The second-order valence-electron chi connectivity index (χ2n) is 7.99. The third-order valence-corrected chi connectivity index (χ3v) is 6.31. The molecule has 1 aromatic heterocycles. The molecule has 11 heteroatoms. The Balaban J connectivity index is 2.13. The van der Waals surface area contributed by atoms with E-state index in [1.807, 2.05) is 13.0 Å². The Kier molecular flexibility index (Phi) is 10.0. The number of rotatable bonds is 12. The van der Waals surface area contributed by atoms with Gasteiger partial charge in [-0.2, -0.15) is 0 Å². The number of imidazole rings is 1. The summed E-state index contributed by atoms with van der Waals surface area (Å²) in [4.78, 5) is 20.6. The Bertz CT molecular complexity index is 1130. The highest BCUT2D eigenvalue weighted by Gasteiger charge is 2.32. The zero-order valence-electron chi connectivity index (χ0n) is 20.3. The molecule has 0 bridgehead atoms. The van der Waals surface area contributed by atoms with Crippen LogP contribution in [0, 0.1) is 0 Å². The number of carbonyl (C=O) groups excluding carboxylic acids is 1. The summed E-state index contributed by atoms with van der Waals surface area (Å²) in [7, 11) is -3.64. The minimum absolute atomic E-state index is 0.270. The number of esters is 1. The maximum atomic E-state index is 13.6. The van der Waals surface area contributed by atoms with E-state index in [4.69, 9.17) is 19.7 Å². The summed E-state index contributed by atoms with van der Waals surface area (Å²) in [5.74, 6) is 0.129. The topological polar surface area (TPSA) is 130 Å². The number of para-hydroxylation sites is 1. The van der Waals surface area contributed by atoms with Crippen LogP contribution in [0.3, 0.4) is 0 Å². The van der Waals surface area contributed by atoms with Gasteiger partial charge in [-0.25, -0.2) is 15.1 Å². The molecule has 0 radical (unpaired) electrons. The Hall–Kier alpha value is -2.94. The molecule has 0 aliphatic heterocycles. The SMILES string of the molecule is C=c1/c(=C(N)\N=C/C)ncn1C[C@@H](C)OC[P@@](=O)(N[C@@H](C)C(=O)OC(C)C)Oc1ccccc1. The molecule has 0 aliphatic rings. The van der Waals surface area contributed by atoms with Crippen molar-refractivity contribution in [2.24, 2.45) is 10.7 Å². The fourth-order valence-electron chi connectivity index (χ4n) is 2.96. The summed E-state index contributed by atoms with van der Waals surface area (Å²) in [6, 6.07) is 7.83. The smallest absolute Gasteiger partial charge is 0.342 e. The molecule has 0 amide bonds. The van der Waals surface area contributed by atoms with E-state index in [9.17, 15) is 9.36 Å². The Morgan fingerprint density at radius 1 is 1.29 bits per heavy atom. The van der Waals surface area contributed by atoms with Gasteiger partial charge in [0.2, 0.25) is 0 Å². The standard InChI is InChI=1S/C23H34N5O5P/c1-7-25-22(24)21-19(6)28(14-26-21)13-17(4)31-15-34(30,33-20-11-9-8-10-12-20)27-18(5)23(29)32-16(2)3/h7-12,14,16-18H,6,13,15,24H2,1-5H3,(H,27,30)/b22-21+,25-7-/t17-,18+,34+/m1/s1. The first kappa shape index (κ1) is 27.3. The van der Waals surface area contributed by atoms with Crippen LogP contribution in [0.15, 0.2) is 41.7 Å². The zero-order valence-corrected chi connectivity index (χ0v) is 21.2. The largest absolute Gasteiger partial charge is 0.462 e. The monoisotopic (exact) mass is 491 g/mol. The highest BCUT2D eigenvalue weighted by atomic mass is 31.2. The highest BCUT2D eigenvalue weighted by Crippen LogP contribution is 2.44. The third-order valence-electron chi connectivity index (χ3n) is 4.53. The van der Waals surface area contributed by atoms with Crippen LogP contribution in [-0.2, 0) is 25.4 Å². The fraction of sp³-hybridized carbons (Fsp3) is 0.435. The Labute approximate surface area is 200 Å². The molecule has 34 heavy (non-hydrogen) atoms. The molecule has 186 valence electrons. The van der Waals surface area contributed by atoms with Gasteiger partial charge >= 0.3 is 13.5 Å². The molecule has 0 saturated carbocycles.